The number of aryl methyl sites for hydroxylation is 1. The molecule has 0 unspecified atom stereocenters. The number of hydrogen-bond acceptors (Lipinski definition) is 2. The minimum atomic E-state index is 0.709. The van der Waals surface area contributed by atoms with Crippen LogP contribution < -0.4 is 5.73 Å². The van der Waals surface area contributed by atoms with E-state index < -0.39 is 0 Å². The van der Waals surface area contributed by atoms with Gasteiger partial charge in [-0.05, 0) is 28.9 Å². The van der Waals surface area contributed by atoms with Crippen LogP contribution in [-0.2, 0) is 0 Å². The largest absolute Gasteiger partial charge is 0.398 e. The number of hydrogen-bond donors (Lipinski definition) is 1. The summed E-state index contributed by atoms with van der Waals surface area (Å²) in [4.78, 5) is 4.31. The Kier molecular flexibility index (Phi) is 2.73. The Bertz CT molecular complexity index is 477. The normalized spacial score (nSPS) is 10.3. The van der Waals surface area contributed by atoms with E-state index in [1.807, 2.05) is 18.2 Å². The lowest BCUT2D eigenvalue weighted by Gasteiger charge is -2.03. The van der Waals surface area contributed by atoms with Gasteiger partial charge in [-0.15, -0.1) is 0 Å². The number of aromatic nitrogens is 1. The zero-order chi connectivity index (χ0) is 10.8. The molecule has 3 heteroatoms. The fourth-order valence-electron chi connectivity index (χ4n) is 1.34. The molecule has 0 spiro atoms. The van der Waals surface area contributed by atoms with Crippen molar-refractivity contribution in [1.82, 2.24) is 4.98 Å². The average molecular weight is 263 g/mol. The summed E-state index contributed by atoms with van der Waals surface area (Å²) >= 11 is 3.33. The number of anilines is 1. The predicted octanol–water partition coefficient (Wildman–Crippen LogP) is 3.40. The van der Waals surface area contributed by atoms with Gasteiger partial charge in [-0.1, -0.05) is 29.8 Å². The van der Waals surface area contributed by atoms with Crippen LogP contribution in [0.15, 0.2) is 41.0 Å². The van der Waals surface area contributed by atoms with E-state index in [4.69, 9.17) is 5.73 Å². The molecule has 0 atom stereocenters. The zero-order valence-corrected chi connectivity index (χ0v) is 9.95. The lowest BCUT2D eigenvalue weighted by molar-refractivity contribution is 1.31. The van der Waals surface area contributed by atoms with Crippen molar-refractivity contribution in [3.63, 3.8) is 0 Å². The number of halogens is 1. The van der Waals surface area contributed by atoms with Crippen LogP contribution in [0.2, 0.25) is 0 Å². The van der Waals surface area contributed by atoms with Crippen molar-refractivity contribution in [2.24, 2.45) is 0 Å². The molecule has 1 aromatic carbocycles. The smallest absolute Gasteiger partial charge is 0.0723 e. The molecule has 0 bridgehead atoms. The van der Waals surface area contributed by atoms with E-state index >= 15 is 0 Å². The second-order valence-corrected chi connectivity index (χ2v) is 4.31. The summed E-state index contributed by atoms with van der Waals surface area (Å²) in [6.07, 6.45) is 1.73. The Balaban J connectivity index is 2.45. The van der Waals surface area contributed by atoms with Gasteiger partial charge in [-0.25, -0.2) is 0 Å². The maximum Gasteiger partial charge on any atom is 0.0723 e. The van der Waals surface area contributed by atoms with E-state index in [1.54, 1.807) is 6.20 Å². The molecule has 0 aliphatic rings. The highest BCUT2D eigenvalue weighted by Crippen LogP contribution is 2.24. The highest BCUT2D eigenvalue weighted by atomic mass is 79.9. The molecule has 0 aliphatic carbocycles. The van der Waals surface area contributed by atoms with E-state index in [1.165, 1.54) is 5.56 Å². The highest BCUT2D eigenvalue weighted by molar-refractivity contribution is 9.10. The summed E-state index contributed by atoms with van der Waals surface area (Å²) < 4.78 is 0.832. The van der Waals surface area contributed by atoms with Gasteiger partial charge in [-0.2, -0.15) is 0 Å². The monoisotopic (exact) mass is 262 g/mol. The third-order valence-electron chi connectivity index (χ3n) is 2.23. The molecular weight excluding hydrogens is 252 g/mol. The molecule has 15 heavy (non-hydrogen) atoms. The number of pyridine rings is 1. The van der Waals surface area contributed by atoms with Crippen molar-refractivity contribution in [3.8, 4) is 11.3 Å². The molecule has 0 amide bonds. The molecule has 0 fully saturated rings. The summed E-state index contributed by atoms with van der Waals surface area (Å²) in [6, 6.07) is 10.1. The average Bonchev–Trinajstić information content (AvgIpc) is 2.23. The van der Waals surface area contributed by atoms with Crippen molar-refractivity contribution in [2.75, 3.05) is 5.73 Å². The van der Waals surface area contributed by atoms with Crippen molar-refractivity contribution in [3.05, 3.63) is 46.6 Å². The molecule has 0 aliphatic heterocycles. The quantitative estimate of drug-likeness (QED) is 0.856. The maximum atomic E-state index is 5.80. The second kappa shape index (κ2) is 4.03. The van der Waals surface area contributed by atoms with Gasteiger partial charge in [0.15, 0.2) is 0 Å². The van der Waals surface area contributed by atoms with Gasteiger partial charge in [0.05, 0.1) is 10.2 Å². The van der Waals surface area contributed by atoms with Crippen LogP contribution in [0.4, 0.5) is 5.69 Å². The van der Waals surface area contributed by atoms with E-state index in [-0.39, 0.29) is 0 Å². The Morgan fingerprint density at radius 1 is 1.20 bits per heavy atom. The van der Waals surface area contributed by atoms with Gasteiger partial charge in [0.25, 0.3) is 0 Å². The second-order valence-electron chi connectivity index (χ2n) is 3.46. The van der Waals surface area contributed by atoms with Crippen LogP contribution >= 0.6 is 15.9 Å². The van der Waals surface area contributed by atoms with Crippen LogP contribution in [-0.4, -0.2) is 4.98 Å². The van der Waals surface area contributed by atoms with Crippen LogP contribution in [0.25, 0.3) is 11.3 Å². The molecule has 0 saturated carbocycles. The Labute approximate surface area is 97.3 Å². The predicted molar refractivity (Wildman–Crippen MR) is 66.5 cm³/mol. The highest BCUT2D eigenvalue weighted by Gasteiger charge is 2.01. The summed E-state index contributed by atoms with van der Waals surface area (Å²) in [7, 11) is 0. The van der Waals surface area contributed by atoms with E-state index in [2.05, 4.69) is 40.0 Å². The summed E-state index contributed by atoms with van der Waals surface area (Å²) in [5, 5.41) is 0. The molecule has 1 aromatic heterocycles. The molecule has 2 aromatic rings. The first-order valence-electron chi connectivity index (χ1n) is 4.65. The number of nitrogen functional groups attached to an aromatic ring is 1. The van der Waals surface area contributed by atoms with E-state index in [0.717, 1.165) is 15.7 Å². The van der Waals surface area contributed by atoms with Crippen LogP contribution in [0.3, 0.4) is 0 Å². The molecule has 2 rings (SSSR count). The maximum absolute atomic E-state index is 5.80. The minimum absolute atomic E-state index is 0.709. The molecule has 2 nitrogen and oxygen atoms in total. The zero-order valence-electron chi connectivity index (χ0n) is 8.37. The Morgan fingerprint density at radius 3 is 2.47 bits per heavy atom. The lowest BCUT2D eigenvalue weighted by Crippen LogP contribution is -1.90. The molecule has 1 heterocycles. The van der Waals surface area contributed by atoms with Gasteiger partial charge in [0.1, 0.15) is 0 Å². The van der Waals surface area contributed by atoms with Gasteiger partial charge in [-0.3, -0.25) is 4.98 Å². The SMILES string of the molecule is Cc1ccc(-c2cc(N)c(Br)cn2)cc1. The Morgan fingerprint density at radius 2 is 1.87 bits per heavy atom. The third kappa shape index (κ3) is 2.18. The van der Waals surface area contributed by atoms with Gasteiger partial charge in [0.2, 0.25) is 0 Å². The van der Waals surface area contributed by atoms with Crippen LogP contribution in [0, 0.1) is 6.92 Å². The number of benzene rings is 1. The van der Waals surface area contributed by atoms with Crippen LogP contribution in [0.5, 0.6) is 0 Å². The number of nitrogens with two attached hydrogens (primary N) is 1. The number of rotatable bonds is 1. The van der Waals surface area contributed by atoms with Crippen molar-refractivity contribution in [2.45, 2.75) is 6.92 Å². The standard InChI is InChI=1S/C12H11BrN2/c1-8-2-4-9(5-3-8)12-6-11(14)10(13)7-15-12/h2-7H,1H3,(H2,14,15). The first kappa shape index (κ1) is 10.2. The molecule has 0 radical (unpaired) electrons. The summed E-state index contributed by atoms with van der Waals surface area (Å²) in [5.74, 6) is 0. The first-order valence-corrected chi connectivity index (χ1v) is 5.44. The van der Waals surface area contributed by atoms with Gasteiger partial charge < -0.3 is 5.73 Å². The first-order chi connectivity index (χ1) is 7.16. The summed E-state index contributed by atoms with van der Waals surface area (Å²) in [6.45, 7) is 2.06. The van der Waals surface area contributed by atoms with E-state index in [0.29, 0.717) is 5.69 Å². The van der Waals surface area contributed by atoms with Gasteiger partial charge >= 0.3 is 0 Å². The minimum Gasteiger partial charge on any atom is -0.398 e. The van der Waals surface area contributed by atoms with Gasteiger partial charge in [0, 0.05) is 17.4 Å². The topological polar surface area (TPSA) is 38.9 Å². The third-order valence-corrected chi connectivity index (χ3v) is 2.89. The molecule has 76 valence electrons. The molecule has 0 saturated heterocycles. The molecule has 2 N–H and O–H groups in total. The number of nitrogens with zero attached hydrogens (tertiary/aromatic N) is 1. The van der Waals surface area contributed by atoms with Crippen molar-refractivity contribution >= 4 is 21.6 Å². The Hall–Kier alpha value is -1.35. The molecular formula is C12H11BrN2. The summed E-state index contributed by atoms with van der Waals surface area (Å²) in [5.41, 5.74) is 9.73. The lowest BCUT2D eigenvalue weighted by atomic mass is 10.1. The fraction of sp³-hybridized carbons (Fsp3) is 0.0833. The van der Waals surface area contributed by atoms with Crippen molar-refractivity contribution in [1.29, 1.82) is 0 Å². The van der Waals surface area contributed by atoms with E-state index in [9.17, 15) is 0 Å². The fourth-order valence-corrected chi connectivity index (χ4v) is 1.55. The van der Waals surface area contributed by atoms with Crippen molar-refractivity contribution < 1.29 is 0 Å². The van der Waals surface area contributed by atoms with Crippen LogP contribution in [0.1, 0.15) is 5.56 Å².